The minimum Gasteiger partial charge on any atom is -0.450 e. The van der Waals surface area contributed by atoms with Crippen LogP contribution in [0.15, 0.2) is 60.7 Å². The second-order valence-electron chi connectivity index (χ2n) is 6.84. The summed E-state index contributed by atoms with van der Waals surface area (Å²) in [5.74, 6) is -0.634. The van der Waals surface area contributed by atoms with E-state index in [1.165, 1.54) is 0 Å². The summed E-state index contributed by atoms with van der Waals surface area (Å²) in [6, 6.07) is 18.7. The second-order valence-corrected chi connectivity index (χ2v) is 7.75. The van der Waals surface area contributed by atoms with E-state index in [0.717, 1.165) is 11.3 Å². The molecule has 2 aromatic carbocycles. The lowest BCUT2D eigenvalue weighted by molar-refractivity contribution is -0.157. The van der Waals surface area contributed by atoms with Gasteiger partial charge >= 0.3 is 5.97 Å². The van der Waals surface area contributed by atoms with Crippen molar-refractivity contribution in [2.75, 3.05) is 11.4 Å². The molecular weight excluding hydrogens is 382 g/mol. The number of para-hydroxylation sites is 1. The zero-order valence-corrected chi connectivity index (χ0v) is 15.8. The number of ether oxygens (including phenoxy) is 1. The number of nitrogens with zero attached hydrogens (tertiary/aromatic N) is 1. The van der Waals surface area contributed by atoms with Gasteiger partial charge in [0.1, 0.15) is 4.83 Å². The maximum atomic E-state index is 12.8. The first-order valence-corrected chi connectivity index (χ1v) is 9.08. The third kappa shape index (κ3) is 3.61. The zero-order valence-electron chi connectivity index (χ0n) is 14.2. The molecule has 1 aliphatic heterocycles. The van der Waals surface area contributed by atoms with Crippen molar-refractivity contribution in [3.8, 4) is 0 Å². The highest BCUT2D eigenvalue weighted by atomic mass is 79.9. The number of halogens is 1. The minimum absolute atomic E-state index is 0.183. The number of alkyl halides is 1. The van der Waals surface area contributed by atoms with Crippen molar-refractivity contribution in [3.05, 3.63) is 66.2 Å². The molecule has 1 fully saturated rings. The minimum atomic E-state index is -0.802. The Bertz CT molecular complexity index is 761. The van der Waals surface area contributed by atoms with Crippen LogP contribution in [0.4, 0.5) is 5.69 Å². The molecule has 0 spiro atoms. The van der Waals surface area contributed by atoms with Crippen molar-refractivity contribution >= 4 is 33.5 Å². The molecule has 3 rings (SSSR count). The third-order valence-electron chi connectivity index (χ3n) is 4.37. The van der Waals surface area contributed by atoms with E-state index in [9.17, 15) is 9.59 Å². The highest BCUT2D eigenvalue weighted by Gasteiger charge is 2.49. The van der Waals surface area contributed by atoms with E-state index in [1.54, 1.807) is 4.90 Å². The van der Waals surface area contributed by atoms with Gasteiger partial charge in [-0.2, -0.15) is 0 Å². The lowest BCUT2D eigenvalue weighted by Crippen LogP contribution is -2.36. The molecule has 130 valence electrons. The SMILES string of the molecule is CC1(C)CN(c2ccccc2)C(=O)[C@H]1OC(=O)[C@@H](Br)c1ccccc1. The van der Waals surface area contributed by atoms with Crippen LogP contribution < -0.4 is 4.90 Å². The monoisotopic (exact) mass is 401 g/mol. The highest BCUT2D eigenvalue weighted by molar-refractivity contribution is 9.09. The predicted molar refractivity (Wildman–Crippen MR) is 101 cm³/mol. The Hall–Kier alpha value is -2.14. The summed E-state index contributed by atoms with van der Waals surface area (Å²) in [6.45, 7) is 4.39. The number of rotatable bonds is 4. The Morgan fingerprint density at radius 2 is 1.68 bits per heavy atom. The molecule has 25 heavy (non-hydrogen) atoms. The van der Waals surface area contributed by atoms with E-state index >= 15 is 0 Å². The van der Waals surface area contributed by atoms with E-state index in [-0.39, 0.29) is 5.91 Å². The maximum absolute atomic E-state index is 12.8. The van der Waals surface area contributed by atoms with E-state index in [1.807, 2.05) is 74.5 Å². The van der Waals surface area contributed by atoms with Gasteiger partial charge in [0.2, 0.25) is 0 Å². The van der Waals surface area contributed by atoms with E-state index in [0.29, 0.717) is 6.54 Å². The van der Waals surface area contributed by atoms with Crippen molar-refractivity contribution < 1.29 is 14.3 Å². The summed E-state index contributed by atoms with van der Waals surface area (Å²) in [5, 5.41) is 0. The first-order chi connectivity index (χ1) is 11.9. The molecule has 0 N–H and O–H groups in total. The van der Waals surface area contributed by atoms with Crippen LogP contribution in [0.2, 0.25) is 0 Å². The average molecular weight is 402 g/mol. The molecule has 0 radical (unpaired) electrons. The number of esters is 1. The first kappa shape index (κ1) is 17.7. The summed E-state index contributed by atoms with van der Waals surface area (Å²) < 4.78 is 5.63. The molecule has 5 heteroatoms. The predicted octanol–water partition coefficient (Wildman–Crippen LogP) is 4.11. The molecule has 0 saturated carbocycles. The van der Waals surface area contributed by atoms with E-state index < -0.39 is 22.3 Å². The summed E-state index contributed by atoms with van der Waals surface area (Å²) in [4.78, 5) is 26.5. The van der Waals surface area contributed by atoms with Crippen LogP contribution >= 0.6 is 15.9 Å². The molecule has 1 saturated heterocycles. The summed E-state index contributed by atoms with van der Waals surface area (Å²) in [5.41, 5.74) is 1.15. The molecule has 2 aromatic rings. The molecule has 0 aromatic heterocycles. The van der Waals surface area contributed by atoms with Crippen LogP contribution in [0, 0.1) is 5.41 Å². The van der Waals surface area contributed by atoms with Gasteiger partial charge in [-0.15, -0.1) is 0 Å². The average Bonchev–Trinajstić information content (AvgIpc) is 2.86. The van der Waals surface area contributed by atoms with Gasteiger partial charge in [0, 0.05) is 17.6 Å². The number of anilines is 1. The fourth-order valence-electron chi connectivity index (χ4n) is 3.01. The Balaban J connectivity index is 1.77. The van der Waals surface area contributed by atoms with Gasteiger partial charge in [0.05, 0.1) is 0 Å². The number of amides is 1. The molecule has 4 nitrogen and oxygen atoms in total. The largest absolute Gasteiger partial charge is 0.450 e. The lowest BCUT2D eigenvalue weighted by Gasteiger charge is -2.24. The fraction of sp³-hybridized carbons (Fsp3) is 0.300. The number of benzene rings is 2. The second kappa shape index (κ2) is 7.00. The van der Waals surface area contributed by atoms with Crippen LogP contribution in [-0.2, 0) is 14.3 Å². The zero-order chi connectivity index (χ0) is 18.0. The molecule has 1 heterocycles. The van der Waals surface area contributed by atoms with Crippen molar-refractivity contribution in [1.29, 1.82) is 0 Å². The molecule has 1 aliphatic rings. The van der Waals surface area contributed by atoms with Crippen molar-refractivity contribution in [2.45, 2.75) is 24.8 Å². The summed E-state index contributed by atoms with van der Waals surface area (Å²) in [7, 11) is 0. The van der Waals surface area contributed by atoms with E-state index in [2.05, 4.69) is 15.9 Å². The fourth-order valence-corrected chi connectivity index (χ4v) is 3.43. The number of hydrogen-bond donors (Lipinski definition) is 0. The quantitative estimate of drug-likeness (QED) is 0.571. The van der Waals surface area contributed by atoms with Gasteiger partial charge in [-0.1, -0.05) is 78.3 Å². The Kier molecular flexibility index (Phi) is 4.95. The molecular formula is C20H20BrNO3. The van der Waals surface area contributed by atoms with Gasteiger partial charge in [-0.3, -0.25) is 9.59 Å². The van der Waals surface area contributed by atoms with Gasteiger partial charge in [-0.25, -0.2) is 0 Å². The van der Waals surface area contributed by atoms with Crippen molar-refractivity contribution in [2.24, 2.45) is 5.41 Å². The van der Waals surface area contributed by atoms with Crippen LogP contribution in [-0.4, -0.2) is 24.5 Å². The smallest absolute Gasteiger partial charge is 0.325 e. The lowest BCUT2D eigenvalue weighted by atomic mass is 9.89. The summed E-state index contributed by atoms with van der Waals surface area (Å²) in [6.07, 6.45) is -0.802. The standard InChI is InChI=1S/C20H20BrNO3/c1-20(2)13-22(15-11-7-4-8-12-15)18(23)17(20)25-19(24)16(21)14-9-5-3-6-10-14/h3-12,16-17H,13H2,1-2H3/t16-,17+/m0/s1. The summed E-state index contributed by atoms with van der Waals surface area (Å²) >= 11 is 3.38. The number of carbonyl (C=O) groups is 2. The van der Waals surface area contributed by atoms with Crippen LogP contribution in [0.3, 0.4) is 0 Å². The van der Waals surface area contributed by atoms with Gasteiger partial charge in [-0.05, 0) is 17.7 Å². The van der Waals surface area contributed by atoms with Gasteiger partial charge < -0.3 is 9.64 Å². The molecule has 0 unspecified atom stereocenters. The third-order valence-corrected chi connectivity index (χ3v) is 5.27. The van der Waals surface area contributed by atoms with Crippen LogP contribution in [0.5, 0.6) is 0 Å². The maximum Gasteiger partial charge on any atom is 0.325 e. The topological polar surface area (TPSA) is 46.6 Å². The molecule has 2 atom stereocenters. The molecule has 0 bridgehead atoms. The highest BCUT2D eigenvalue weighted by Crippen LogP contribution is 2.37. The normalized spacial score (nSPS) is 20.4. The van der Waals surface area contributed by atoms with Crippen molar-refractivity contribution in [3.63, 3.8) is 0 Å². The van der Waals surface area contributed by atoms with Crippen LogP contribution in [0.1, 0.15) is 24.2 Å². The van der Waals surface area contributed by atoms with Gasteiger partial charge in [0.15, 0.2) is 6.10 Å². The van der Waals surface area contributed by atoms with Crippen LogP contribution in [0.25, 0.3) is 0 Å². The van der Waals surface area contributed by atoms with Gasteiger partial charge in [0.25, 0.3) is 5.91 Å². The molecule has 1 amide bonds. The number of carbonyl (C=O) groups excluding carboxylic acids is 2. The first-order valence-electron chi connectivity index (χ1n) is 8.16. The Labute approximate surface area is 155 Å². The molecule has 0 aliphatic carbocycles. The van der Waals surface area contributed by atoms with E-state index in [4.69, 9.17) is 4.74 Å². The van der Waals surface area contributed by atoms with Crippen molar-refractivity contribution in [1.82, 2.24) is 0 Å². The Morgan fingerprint density at radius 1 is 1.12 bits per heavy atom. The number of hydrogen-bond acceptors (Lipinski definition) is 3. The Morgan fingerprint density at radius 3 is 2.28 bits per heavy atom.